The number of benzene rings is 1. The number of likely N-dealkylation sites (N-methyl/N-ethyl adjacent to an activating group) is 1. The van der Waals surface area contributed by atoms with Gasteiger partial charge in [-0.25, -0.2) is 4.39 Å². The monoisotopic (exact) mass is 294 g/mol. The Morgan fingerprint density at radius 2 is 1.67 bits per heavy atom. The normalized spacial score (nSPS) is 14.7. The Hall–Kier alpha value is -0.930. The Balaban J connectivity index is 3.08. The van der Waals surface area contributed by atoms with Crippen molar-refractivity contribution in [1.29, 1.82) is 0 Å². The fourth-order valence-corrected chi connectivity index (χ4v) is 2.95. The zero-order valence-electron chi connectivity index (χ0n) is 14.0. The average molecular weight is 294 g/mol. The molecule has 120 valence electrons. The second-order valence-corrected chi connectivity index (χ2v) is 5.81. The molecule has 1 aromatic carbocycles. The Morgan fingerprint density at radius 3 is 2.14 bits per heavy atom. The molecule has 0 radical (unpaired) electrons. The highest BCUT2D eigenvalue weighted by Crippen LogP contribution is 2.28. The van der Waals surface area contributed by atoms with Gasteiger partial charge >= 0.3 is 0 Å². The van der Waals surface area contributed by atoms with Crippen molar-refractivity contribution in [3.8, 4) is 0 Å². The van der Waals surface area contributed by atoms with Gasteiger partial charge in [-0.3, -0.25) is 4.90 Å². The van der Waals surface area contributed by atoms with Gasteiger partial charge in [0.25, 0.3) is 0 Å². The fourth-order valence-electron chi connectivity index (χ4n) is 2.95. The number of nitrogens with two attached hydrogens (primary N) is 1. The first-order chi connectivity index (χ1) is 10.1. The third-order valence-electron chi connectivity index (χ3n) is 4.55. The lowest BCUT2D eigenvalue weighted by Crippen LogP contribution is -2.43. The summed E-state index contributed by atoms with van der Waals surface area (Å²) in [4.78, 5) is 2.35. The molecule has 1 rings (SSSR count). The van der Waals surface area contributed by atoms with Gasteiger partial charge in [0.1, 0.15) is 5.82 Å². The van der Waals surface area contributed by atoms with Crippen LogP contribution in [0.4, 0.5) is 4.39 Å². The lowest BCUT2D eigenvalue weighted by atomic mass is 9.93. The second kappa shape index (κ2) is 9.16. The summed E-state index contributed by atoms with van der Waals surface area (Å²) in [5, 5.41) is 0. The molecule has 0 amide bonds. The largest absolute Gasteiger partial charge is 0.326 e. The van der Waals surface area contributed by atoms with Gasteiger partial charge in [-0.2, -0.15) is 0 Å². The molecule has 0 bridgehead atoms. The number of rotatable bonds is 9. The summed E-state index contributed by atoms with van der Waals surface area (Å²) in [7, 11) is 0. The molecule has 21 heavy (non-hydrogen) atoms. The molecule has 0 aromatic heterocycles. The molecule has 1 aromatic rings. The maximum Gasteiger partial charge on any atom is 0.128 e. The molecule has 0 fully saturated rings. The third-order valence-corrected chi connectivity index (χ3v) is 4.55. The van der Waals surface area contributed by atoms with Gasteiger partial charge in [0.05, 0.1) is 6.04 Å². The van der Waals surface area contributed by atoms with E-state index in [-0.39, 0.29) is 17.9 Å². The van der Waals surface area contributed by atoms with Crippen molar-refractivity contribution in [3.63, 3.8) is 0 Å². The summed E-state index contributed by atoms with van der Waals surface area (Å²) in [5.41, 5.74) is 7.08. The molecule has 0 spiro atoms. The molecule has 2 atom stereocenters. The highest BCUT2D eigenvalue weighted by atomic mass is 19.1. The fraction of sp³-hybridized carbons (Fsp3) is 0.667. The van der Waals surface area contributed by atoms with E-state index >= 15 is 0 Å². The SMILES string of the molecule is CCC(CC)CN(CC)C(c1ccccc1F)C(N)CC. The van der Waals surface area contributed by atoms with Crippen LogP contribution in [0.1, 0.15) is 58.6 Å². The van der Waals surface area contributed by atoms with Gasteiger partial charge in [-0.15, -0.1) is 0 Å². The van der Waals surface area contributed by atoms with E-state index < -0.39 is 0 Å². The predicted octanol–water partition coefficient (Wildman–Crippen LogP) is 4.36. The van der Waals surface area contributed by atoms with Gasteiger partial charge in [-0.1, -0.05) is 58.7 Å². The molecule has 3 heteroatoms. The molecule has 0 heterocycles. The van der Waals surface area contributed by atoms with Crippen LogP contribution in [-0.4, -0.2) is 24.0 Å². The van der Waals surface area contributed by atoms with Crippen molar-refractivity contribution < 1.29 is 4.39 Å². The van der Waals surface area contributed by atoms with E-state index in [1.807, 2.05) is 12.1 Å². The summed E-state index contributed by atoms with van der Waals surface area (Å²) in [6.07, 6.45) is 3.15. The van der Waals surface area contributed by atoms with Gasteiger partial charge in [0.2, 0.25) is 0 Å². The quantitative estimate of drug-likeness (QED) is 0.733. The van der Waals surface area contributed by atoms with Crippen LogP contribution in [0.3, 0.4) is 0 Å². The van der Waals surface area contributed by atoms with Crippen LogP contribution in [0.15, 0.2) is 24.3 Å². The first kappa shape index (κ1) is 18.1. The Morgan fingerprint density at radius 1 is 1.05 bits per heavy atom. The van der Waals surface area contributed by atoms with Crippen LogP contribution in [-0.2, 0) is 0 Å². The molecule has 0 aliphatic rings. The van der Waals surface area contributed by atoms with Gasteiger partial charge in [0.15, 0.2) is 0 Å². The van der Waals surface area contributed by atoms with Crippen molar-refractivity contribution in [2.75, 3.05) is 13.1 Å². The van der Waals surface area contributed by atoms with E-state index in [1.165, 1.54) is 6.07 Å². The van der Waals surface area contributed by atoms with E-state index in [4.69, 9.17) is 5.73 Å². The minimum Gasteiger partial charge on any atom is -0.326 e. The van der Waals surface area contributed by atoms with Crippen molar-refractivity contribution in [3.05, 3.63) is 35.6 Å². The zero-order chi connectivity index (χ0) is 15.8. The molecule has 0 aliphatic heterocycles. The minimum absolute atomic E-state index is 0.0400. The first-order valence-electron chi connectivity index (χ1n) is 8.32. The molecule has 0 aliphatic carbocycles. The van der Waals surface area contributed by atoms with Crippen LogP contribution in [0.5, 0.6) is 0 Å². The van der Waals surface area contributed by atoms with Crippen LogP contribution < -0.4 is 5.73 Å². The van der Waals surface area contributed by atoms with Gasteiger partial charge < -0.3 is 5.73 Å². The van der Waals surface area contributed by atoms with Crippen LogP contribution in [0.25, 0.3) is 0 Å². The van der Waals surface area contributed by atoms with Crippen molar-refractivity contribution in [2.45, 2.75) is 59.0 Å². The lowest BCUT2D eigenvalue weighted by molar-refractivity contribution is 0.144. The zero-order valence-corrected chi connectivity index (χ0v) is 14.0. The maximum atomic E-state index is 14.3. The summed E-state index contributed by atoms with van der Waals surface area (Å²) in [6.45, 7) is 10.5. The molecule has 2 unspecified atom stereocenters. The topological polar surface area (TPSA) is 29.3 Å². The molecule has 2 nitrogen and oxygen atoms in total. The number of hydrogen-bond donors (Lipinski definition) is 1. The molecular formula is C18H31FN2. The van der Waals surface area contributed by atoms with Crippen LogP contribution in [0.2, 0.25) is 0 Å². The highest BCUT2D eigenvalue weighted by Gasteiger charge is 2.28. The molecule has 0 saturated carbocycles. The van der Waals surface area contributed by atoms with Crippen molar-refractivity contribution in [1.82, 2.24) is 4.90 Å². The molecular weight excluding hydrogens is 263 g/mol. The summed E-state index contributed by atoms with van der Waals surface area (Å²) in [6, 6.07) is 6.97. The first-order valence-corrected chi connectivity index (χ1v) is 8.32. The second-order valence-electron chi connectivity index (χ2n) is 5.81. The van der Waals surface area contributed by atoms with E-state index in [2.05, 4.69) is 32.6 Å². The standard InChI is InChI=1S/C18H31FN2/c1-5-14(6-2)13-21(8-4)18(17(20)7-3)15-11-9-10-12-16(15)19/h9-12,14,17-18H,5-8,13,20H2,1-4H3. The van der Waals surface area contributed by atoms with Gasteiger partial charge in [-0.05, 0) is 24.9 Å². The van der Waals surface area contributed by atoms with Crippen molar-refractivity contribution >= 4 is 0 Å². The lowest BCUT2D eigenvalue weighted by Gasteiger charge is -2.37. The predicted molar refractivity (Wildman–Crippen MR) is 88.7 cm³/mol. The number of nitrogens with zero attached hydrogens (tertiary/aromatic N) is 1. The third kappa shape index (κ3) is 4.79. The number of halogens is 1. The van der Waals surface area contributed by atoms with E-state index in [1.54, 1.807) is 6.07 Å². The Labute approximate surface area is 129 Å². The van der Waals surface area contributed by atoms with Crippen LogP contribution >= 0.6 is 0 Å². The van der Waals surface area contributed by atoms with E-state index in [0.29, 0.717) is 5.92 Å². The maximum absolute atomic E-state index is 14.3. The Kier molecular flexibility index (Phi) is 7.91. The summed E-state index contributed by atoms with van der Waals surface area (Å²) < 4.78 is 14.3. The molecule has 2 N–H and O–H groups in total. The van der Waals surface area contributed by atoms with Crippen LogP contribution in [0, 0.1) is 11.7 Å². The summed E-state index contributed by atoms with van der Waals surface area (Å²) >= 11 is 0. The van der Waals surface area contributed by atoms with Crippen molar-refractivity contribution in [2.24, 2.45) is 11.7 Å². The average Bonchev–Trinajstić information content (AvgIpc) is 2.52. The van der Waals surface area contributed by atoms with E-state index in [0.717, 1.165) is 37.9 Å². The number of hydrogen-bond acceptors (Lipinski definition) is 2. The summed E-state index contributed by atoms with van der Waals surface area (Å²) in [5.74, 6) is 0.498. The van der Waals surface area contributed by atoms with Gasteiger partial charge in [0, 0.05) is 18.2 Å². The highest BCUT2D eigenvalue weighted by molar-refractivity contribution is 5.23. The molecule has 0 saturated heterocycles. The Bertz CT molecular complexity index is 404. The van der Waals surface area contributed by atoms with E-state index in [9.17, 15) is 4.39 Å². The minimum atomic E-state index is -0.144. The smallest absolute Gasteiger partial charge is 0.128 e.